The number of aryl methyl sites for hydroxylation is 1. The normalized spacial score (nSPS) is 13.0. The second kappa shape index (κ2) is 8.57. The van der Waals surface area contributed by atoms with Gasteiger partial charge in [-0.25, -0.2) is 0 Å². The first-order valence-electron chi connectivity index (χ1n) is 7.69. The molecule has 1 aromatic heterocycles. The smallest absolute Gasteiger partial charge is 0.261 e. The van der Waals surface area contributed by atoms with Crippen LogP contribution in [0, 0.1) is 0 Å². The average molecular weight is 384 g/mol. The SMILES string of the molecule is CS(=O)(=O)O.O=C1c2cc(CCCCO)ccc2OCc2ccsc21. The Morgan fingerprint density at radius 3 is 2.64 bits per heavy atom. The Bertz CT molecular complexity index is 831. The van der Waals surface area contributed by atoms with Gasteiger partial charge < -0.3 is 9.84 Å². The first-order valence-corrected chi connectivity index (χ1v) is 10.4. The summed E-state index contributed by atoms with van der Waals surface area (Å²) >= 11 is 1.48. The lowest BCUT2D eigenvalue weighted by Gasteiger charge is -2.08. The van der Waals surface area contributed by atoms with E-state index < -0.39 is 10.1 Å². The number of unbranched alkanes of at least 4 members (excludes halogenated alkanes) is 1. The van der Waals surface area contributed by atoms with Gasteiger partial charge in [0.05, 0.1) is 16.7 Å². The summed E-state index contributed by atoms with van der Waals surface area (Å²) in [6.07, 6.45) is 3.30. The third-order valence-electron chi connectivity index (χ3n) is 3.50. The van der Waals surface area contributed by atoms with Crippen LogP contribution in [0.2, 0.25) is 0 Å². The van der Waals surface area contributed by atoms with E-state index in [-0.39, 0.29) is 12.4 Å². The minimum absolute atomic E-state index is 0.0616. The van der Waals surface area contributed by atoms with Gasteiger partial charge in [-0.05, 0) is 48.4 Å². The predicted octanol–water partition coefficient (Wildman–Crippen LogP) is 2.69. The highest BCUT2D eigenvalue weighted by molar-refractivity contribution is 7.85. The van der Waals surface area contributed by atoms with Crippen LogP contribution in [0.25, 0.3) is 0 Å². The van der Waals surface area contributed by atoms with Gasteiger partial charge in [-0.2, -0.15) is 8.42 Å². The van der Waals surface area contributed by atoms with Crippen molar-refractivity contribution in [2.24, 2.45) is 0 Å². The van der Waals surface area contributed by atoms with Crippen molar-refractivity contribution in [3.05, 3.63) is 51.2 Å². The molecule has 6 nitrogen and oxygen atoms in total. The van der Waals surface area contributed by atoms with Crippen LogP contribution in [0.5, 0.6) is 5.75 Å². The van der Waals surface area contributed by atoms with Crippen molar-refractivity contribution >= 4 is 27.2 Å². The van der Waals surface area contributed by atoms with Crippen LogP contribution in [-0.2, 0) is 23.1 Å². The lowest BCUT2D eigenvalue weighted by atomic mass is 10.0. The summed E-state index contributed by atoms with van der Waals surface area (Å²) in [5.74, 6) is 0.732. The minimum atomic E-state index is -3.67. The van der Waals surface area contributed by atoms with E-state index in [1.54, 1.807) is 0 Å². The van der Waals surface area contributed by atoms with Gasteiger partial charge in [0.25, 0.3) is 10.1 Å². The van der Waals surface area contributed by atoms with Crippen molar-refractivity contribution in [1.82, 2.24) is 0 Å². The van der Waals surface area contributed by atoms with Crippen molar-refractivity contribution in [3.63, 3.8) is 0 Å². The molecule has 8 heteroatoms. The number of aliphatic hydroxyl groups excluding tert-OH is 1. The molecule has 1 aromatic carbocycles. The number of ketones is 1. The summed E-state index contributed by atoms with van der Waals surface area (Å²) in [5, 5.41) is 10.8. The quantitative estimate of drug-likeness (QED) is 0.621. The molecule has 3 rings (SSSR count). The summed E-state index contributed by atoms with van der Waals surface area (Å²) in [6, 6.07) is 7.77. The van der Waals surface area contributed by atoms with Gasteiger partial charge in [0.1, 0.15) is 12.4 Å². The van der Waals surface area contributed by atoms with Crippen LogP contribution in [0.15, 0.2) is 29.6 Å². The molecule has 0 spiro atoms. The summed E-state index contributed by atoms with van der Waals surface area (Å²) in [4.78, 5) is 13.3. The second-order valence-electron chi connectivity index (χ2n) is 5.64. The zero-order valence-electron chi connectivity index (χ0n) is 13.8. The molecule has 0 unspecified atom stereocenters. The van der Waals surface area contributed by atoms with Crippen molar-refractivity contribution in [2.45, 2.75) is 25.9 Å². The molecule has 0 atom stereocenters. The lowest BCUT2D eigenvalue weighted by Crippen LogP contribution is -2.01. The third-order valence-corrected chi connectivity index (χ3v) is 4.45. The van der Waals surface area contributed by atoms with Crippen LogP contribution in [0.1, 0.15) is 39.2 Å². The Hall–Kier alpha value is -1.74. The highest BCUT2D eigenvalue weighted by Gasteiger charge is 2.23. The minimum Gasteiger partial charge on any atom is -0.488 e. The van der Waals surface area contributed by atoms with Crippen molar-refractivity contribution in [1.29, 1.82) is 0 Å². The molecular weight excluding hydrogens is 364 g/mol. The lowest BCUT2D eigenvalue weighted by molar-refractivity contribution is 0.104. The second-order valence-corrected chi connectivity index (χ2v) is 8.02. The van der Waals surface area contributed by atoms with Crippen molar-refractivity contribution < 1.29 is 27.6 Å². The number of aliphatic hydroxyl groups is 1. The topological polar surface area (TPSA) is 101 Å². The van der Waals surface area contributed by atoms with Crippen molar-refractivity contribution in [3.8, 4) is 5.75 Å². The average Bonchev–Trinajstić information content (AvgIpc) is 2.95. The summed E-state index contributed by atoms with van der Waals surface area (Å²) in [6.45, 7) is 0.674. The molecule has 0 saturated carbocycles. The van der Waals surface area contributed by atoms with E-state index in [9.17, 15) is 13.2 Å². The summed E-state index contributed by atoms with van der Waals surface area (Å²) < 4.78 is 31.6. The van der Waals surface area contributed by atoms with Gasteiger partial charge in [0.15, 0.2) is 0 Å². The molecule has 25 heavy (non-hydrogen) atoms. The molecule has 2 N–H and O–H groups in total. The van der Waals surface area contributed by atoms with Crippen LogP contribution in [0.4, 0.5) is 0 Å². The maximum atomic E-state index is 12.6. The van der Waals surface area contributed by atoms with E-state index in [2.05, 4.69) is 0 Å². The van der Waals surface area contributed by atoms with Crippen LogP contribution in [0.3, 0.4) is 0 Å². The number of hydrogen-bond acceptors (Lipinski definition) is 6. The van der Waals surface area contributed by atoms with Gasteiger partial charge in [0.2, 0.25) is 5.78 Å². The molecule has 0 amide bonds. The highest BCUT2D eigenvalue weighted by Crippen LogP contribution is 2.32. The molecule has 1 aliphatic rings. The summed E-state index contributed by atoms with van der Waals surface area (Å²) in [5.41, 5.74) is 2.75. The molecule has 0 radical (unpaired) electrons. The standard InChI is InChI=1S/C16H16O3S.CH4O3S/c17-7-2-1-3-11-4-5-14-13(9-11)15(18)16-12(10-19-14)6-8-20-16;1-5(2,3)4/h4-6,8-9,17H,1-3,7,10H2;1H3,(H,2,3,4). The fourth-order valence-corrected chi connectivity index (χ4v) is 3.27. The number of rotatable bonds is 4. The van der Waals surface area contributed by atoms with E-state index in [0.29, 0.717) is 24.2 Å². The Kier molecular flexibility index (Phi) is 6.71. The molecule has 1 aliphatic heterocycles. The van der Waals surface area contributed by atoms with Crippen LogP contribution < -0.4 is 4.74 Å². The van der Waals surface area contributed by atoms with Gasteiger partial charge >= 0.3 is 0 Å². The molecule has 0 aliphatic carbocycles. The molecule has 2 heterocycles. The number of fused-ring (bicyclic) bond motifs is 2. The number of hydrogen-bond donors (Lipinski definition) is 2. The summed E-state index contributed by atoms with van der Waals surface area (Å²) in [7, 11) is -3.67. The van der Waals surface area contributed by atoms with E-state index in [4.69, 9.17) is 14.4 Å². The Balaban J connectivity index is 0.000000399. The Labute approximate surface area is 150 Å². The molecule has 136 valence electrons. The Morgan fingerprint density at radius 1 is 1.24 bits per heavy atom. The Morgan fingerprint density at radius 2 is 1.96 bits per heavy atom. The van der Waals surface area contributed by atoms with Gasteiger partial charge in [-0.15, -0.1) is 11.3 Å². The molecule has 2 aromatic rings. The van der Waals surface area contributed by atoms with Crippen LogP contribution >= 0.6 is 11.3 Å². The number of ether oxygens (including phenoxy) is 1. The largest absolute Gasteiger partial charge is 0.488 e. The van der Waals surface area contributed by atoms with Gasteiger partial charge in [-0.3, -0.25) is 9.35 Å². The van der Waals surface area contributed by atoms with Crippen LogP contribution in [-0.4, -0.2) is 36.7 Å². The fraction of sp³-hybridized carbons (Fsp3) is 0.353. The molecule has 0 saturated heterocycles. The third kappa shape index (κ3) is 5.93. The van der Waals surface area contributed by atoms with E-state index in [0.717, 1.165) is 35.3 Å². The number of carbonyl (C=O) groups is 1. The van der Waals surface area contributed by atoms with E-state index in [1.807, 2.05) is 29.6 Å². The molecule has 0 bridgehead atoms. The fourth-order valence-electron chi connectivity index (χ4n) is 2.40. The monoisotopic (exact) mass is 384 g/mol. The first kappa shape index (κ1) is 19.6. The zero-order chi connectivity index (χ0) is 18.4. The maximum absolute atomic E-state index is 12.6. The van der Waals surface area contributed by atoms with Gasteiger partial charge in [-0.1, -0.05) is 6.07 Å². The first-order chi connectivity index (χ1) is 11.8. The van der Waals surface area contributed by atoms with Gasteiger partial charge in [0, 0.05) is 12.2 Å². The number of thiophene rings is 1. The van der Waals surface area contributed by atoms with E-state index in [1.165, 1.54) is 11.3 Å². The number of benzene rings is 1. The van der Waals surface area contributed by atoms with E-state index >= 15 is 0 Å². The highest BCUT2D eigenvalue weighted by atomic mass is 32.2. The zero-order valence-corrected chi connectivity index (χ0v) is 15.4. The molecular formula is C17H20O6S2. The maximum Gasteiger partial charge on any atom is 0.261 e. The predicted molar refractivity (Wildman–Crippen MR) is 96.0 cm³/mol. The van der Waals surface area contributed by atoms with Crippen molar-refractivity contribution in [2.75, 3.05) is 12.9 Å². The number of carbonyl (C=O) groups excluding carboxylic acids is 1. The molecule has 0 fully saturated rings.